The molecule has 10 heteroatoms. The fourth-order valence-electron chi connectivity index (χ4n) is 2.88. The molecule has 2 aromatic heterocycles. The van der Waals surface area contributed by atoms with Crippen LogP contribution < -0.4 is 14.8 Å². The van der Waals surface area contributed by atoms with Crippen LogP contribution in [0.25, 0.3) is 17.0 Å². The number of aromatic nitrogens is 4. The molecule has 0 saturated heterocycles. The van der Waals surface area contributed by atoms with Gasteiger partial charge in [-0.2, -0.15) is 9.61 Å². The molecule has 31 heavy (non-hydrogen) atoms. The summed E-state index contributed by atoms with van der Waals surface area (Å²) in [5, 5.41) is 16.2. The van der Waals surface area contributed by atoms with E-state index in [0.717, 1.165) is 0 Å². The third-order valence-corrected chi connectivity index (χ3v) is 5.28. The van der Waals surface area contributed by atoms with Crippen LogP contribution in [-0.2, 0) is 4.79 Å². The number of nitrogens with zero attached hydrogens (tertiary/aromatic N) is 4. The average molecular weight is 439 g/mol. The van der Waals surface area contributed by atoms with Crippen LogP contribution in [-0.4, -0.2) is 45.7 Å². The maximum absolute atomic E-state index is 13.2. The number of hydrogen-bond donors (Lipinski definition) is 1. The summed E-state index contributed by atoms with van der Waals surface area (Å²) in [5.41, 5.74) is 1.84. The van der Waals surface area contributed by atoms with Gasteiger partial charge in [0, 0.05) is 17.3 Å². The Morgan fingerprint density at radius 3 is 2.55 bits per heavy atom. The minimum atomic E-state index is -0.331. The molecule has 2 heterocycles. The van der Waals surface area contributed by atoms with E-state index in [2.05, 4.69) is 20.6 Å². The van der Waals surface area contributed by atoms with Gasteiger partial charge in [-0.05, 0) is 48.5 Å². The standard InChI is InChI=1S/C21H18FN5O3S/c1-29-16-8-7-15(11-17(16)30-2)23-19(28)12-31-20-10-9-18-24-25-21(27(18)26-20)13-3-5-14(22)6-4-13/h3-11H,12H2,1-2H3,(H,23,28). The quantitative estimate of drug-likeness (QED) is 0.439. The smallest absolute Gasteiger partial charge is 0.234 e. The van der Waals surface area contributed by atoms with Crippen molar-refractivity contribution in [3.8, 4) is 22.9 Å². The Morgan fingerprint density at radius 2 is 1.81 bits per heavy atom. The maximum atomic E-state index is 13.2. The van der Waals surface area contributed by atoms with Crippen LogP contribution in [0, 0.1) is 5.82 Å². The number of carbonyl (C=O) groups is 1. The summed E-state index contributed by atoms with van der Waals surface area (Å²) < 4.78 is 25.2. The minimum Gasteiger partial charge on any atom is -0.493 e. The molecular formula is C21H18FN5O3S. The van der Waals surface area contributed by atoms with E-state index in [-0.39, 0.29) is 17.5 Å². The molecule has 1 amide bonds. The molecule has 1 N–H and O–H groups in total. The van der Waals surface area contributed by atoms with Gasteiger partial charge in [-0.25, -0.2) is 4.39 Å². The number of amides is 1. The van der Waals surface area contributed by atoms with E-state index < -0.39 is 0 Å². The Balaban J connectivity index is 1.46. The van der Waals surface area contributed by atoms with Gasteiger partial charge in [0.2, 0.25) is 5.91 Å². The largest absolute Gasteiger partial charge is 0.493 e. The second-order valence-corrected chi connectivity index (χ2v) is 7.37. The highest BCUT2D eigenvalue weighted by Crippen LogP contribution is 2.30. The van der Waals surface area contributed by atoms with Crippen molar-refractivity contribution in [1.29, 1.82) is 0 Å². The first kappa shape index (κ1) is 20.6. The normalized spacial score (nSPS) is 10.8. The van der Waals surface area contributed by atoms with Crippen LogP contribution in [0.3, 0.4) is 0 Å². The Kier molecular flexibility index (Phi) is 5.99. The minimum absolute atomic E-state index is 0.154. The van der Waals surface area contributed by atoms with Gasteiger partial charge in [0.15, 0.2) is 23.0 Å². The van der Waals surface area contributed by atoms with Crippen molar-refractivity contribution in [2.24, 2.45) is 0 Å². The fourth-order valence-corrected chi connectivity index (χ4v) is 3.53. The third-order valence-electron chi connectivity index (χ3n) is 4.36. The van der Waals surface area contributed by atoms with Crippen molar-refractivity contribution in [3.05, 3.63) is 60.4 Å². The Bertz CT molecular complexity index is 1230. The highest BCUT2D eigenvalue weighted by atomic mass is 32.2. The summed E-state index contributed by atoms with van der Waals surface area (Å²) in [6.45, 7) is 0. The van der Waals surface area contributed by atoms with Gasteiger partial charge in [0.1, 0.15) is 10.8 Å². The highest BCUT2D eigenvalue weighted by Gasteiger charge is 2.12. The molecule has 8 nitrogen and oxygen atoms in total. The molecule has 0 aliphatic heterocycles. The van der Waals surface area contributed by atoms with E-state index in [0.29, 0.717) is 39.2 Å². The van der Waals surface area contributed by atoms with Gasteiger partial charge in [-0.15, -0.1) is 10.2 Å². The van der Waals surface area contributed by atoms with Crippen LogP contribution in [0.1, 0.15) is 0 Å². The van der Waals surface area contributed by atoms with Crippen molar-refractivity contribution in [1.82, 2.24) is 19.8 Å². The molecule has 0 fully saturated rings. The molecule has 4 rings (SSSR count). The van der Waals surface area contributed by atoms with Crippen LogP contribution in [0.4, 0.5) is 10.1 Å². The highest BCUT2D eigenvalue weighted by molar-refractivity contribution is 7.99. The van der Waals surface area contributed by atoms with Crippen molar-refractivity contribution in [3.63, 3.8) is 0 Å². The number of hydrogen-bond acceptors (Lipinski definition) is 7. The lowest BCUT2D eigenvalue weighted by atomic mass is 10.2. The zero-order valence-corrected chi connectivity index (χ0v) is 17.5. The first-order chi connectivity index (χ1) is 15.1. The van der Waals surface area contributed by atoms with Crippen molar-refractivity contribution < 1.29 is 18.7 Å². The SMILES string of the molecule is COc1ccc(NC(=O)CSc2ccc3nnc(-c4ccc(F)cc4)n3n2)cc1OC. The van der Waals surface area contributed by atoms with Crippen LogP contribution in [0.5, 0.6) is 11.5 Å². The lowest BCUT2D eigenvalue weighted by molar-refractivity contribution is -0.113. The molecular weight excluding hydrogens is 421 g/mol. The molecule has 0 atom stereocenters. The van der Waals surface area contributed by atoms with Crippen molar-refractivity contribution >= 4 is 29.0 Å². The van der Waals surface area contributed by atoms with Gasteiger partial charge >= 0.3 is 0 Å². The van der Waals surface area contributed by atoms with Crippen molar-refractivity contribution in [2.45, 2.75) is 5.03 Å². The molecule has 158 valence electrons. The number of methoxy groups -OCH3 is 2. The molecule has 0 aliphatic rings. The van der Waals surface area contributed by atoms with Gasteiger partial charge < -0.3 is 14.8 Å². The van der Waals surface area contributed by atoms with E-state index in [1.54, 1.807) is 54.1 Å². The number of halogens is 1. The average Bonchev–Trinajstić information content (AvgIpc) is 3.21. The zero-order chi connectivity index (χ0) is 21.8. The van der Waals surface area contributed by atoms with Crippen LogP contribution in [0.15, 0.2) is 59.6 Å². The Morgan fingerprint density at radius 1 is 1.03 bits per heavy atom. The molecule has 0 bridgehead atoms. The van der Waals surface area contributed by atoms with Gasteiger partial charge in [-0.3, -0.25) is 4.79 Å². The lowest BCUT2D eigenvalue weighted by Crippen LogP contribution is -2.14. The fraction of sp³-hybridized carbons (Fsp3) is 0.143. The number of ether oxygens (including phenoxy) is 2. The monoisotopic (exact) mass is 439 g/mol. The summed E-state index contributed by atoms with van der Waals surface area (Å²) in [7, 11) is 3.08. The Hall–Kier alpha value is -3.66. The second-order valence-electron chi connectivity index (χ2n) is 6.38. The van der Waals surface area contributed by atoms with E-state index in [4.69, 9.17) is 9.47 Å². The molecule has 2 aromatic carbocycles. The molecule has 0 unspecified atom stereocenters. The van der Waals surface area contributed by atoms with E-state index in [9.17, 15) is 9.18 Å². The maximum Gasteiger partial charge on any atom is 0.234 e. The van der Waals surface area contributed by atoms with E-state index >= 15 is 0 Å². The number of anilines is 1. The molecule has 0 spiro atoms. The second kappa shape index (κ2) is 9.00. The topological polar surface area (TPSA) is 90.6 Å². The van der Waals surface area contributed by atoms with Gasteiger partial charge in [-0.1, -0.05) is 11.8 Å². The summed E-state index contributed by atoms with van der Waals surface area (Å²) >= 11 is 1.27. The molecule has 0 radical (unpaired) electrons. The summed E-state index contributed by atoms with van der Waals surface area (Å²) in [4.78, 5) is 12.4. The van der Waals surface area contributed by atoms with Gasteiger partial charge in [0.05, 0.1) is 20.0 Å². The molecule has 0 saturated carbocycles. The summed E-state index contributed by atoms with van der Waals surface area (Å²) in [6, 6.07) is 14.6. The number of carbonyl (C=O) groups excluding carboxylic acids is 1. The first-order valence-electron chi connectivity index (χ1n) is 9.20. The first-order valence-corrected chi connectivity index (χ1v) is 10.2. The third kappa shape index (κ3) is 4.58. The van der Waals surface area contributed by atoms with Crippen LogP contribution >= 0.6 is 11.8 Å². The summed E-state index contributed by atoms with van der Waals surface area (Å²) in [6.07, 6.45) is 0. The van der Waals surface area contributed by atoms with Crippen LogP contribution in [0.2, 0.25) is 0 Å². The van der Waals surface area contributed by atoms with Crippen molar-refractivity contribution in [2.75, 3.05) is 25.3 Å². The molecule has 4 aromatic rings. The molecule has 0 aliphatic carbocycles. The zero-order valence-electron chi connectivity index (χ0n) is 16.7. The number of benzene rings is 2. The number of fused-ring (bicyclic) bond motifs is 1. The number of rotatable bonds is 7. The van der Waals surface area contributed by atoms with Gasteiger partial charge in [0.25, 0.3) is 0 Å². The lowest BCUT2D eigenvalue weighted by Gasteiger charge is -2.10. The summed E-state index contributed by atoms with van der Waals surface area (Å²) in [5.74, 6) is 1.23. The predicted molar refractivity (Wildman–Crippen MR) is 115 cm³/mol. The van der Waals surface area contributed by atoms with E-state index in [1.807, 2.05) is 0 Å². The Labute approximate surface area is 181 Å². The predicted octanol–water partition coefficient (Wildman–Crippen LogP) is 3.68. The number of thioether (sulfide) groups is 1. The number of nitrogens with one attached hydrogen (secondary N) is 1. The van der Waals surface area contributed by atoms with E-state index in [1.165, 1.54) is 31.0 Å².